The molecular weight excluding hydrogens is 373 g/mol. The van der Waals surface area contributed by atoms with E-state index in [0.29, 0.717) is 14.5 Å². The van der Waals surface area contributed by atoms with Crippen LogP contribution >= 0.6 is 22.6 Å². The second-order valence-electron chi connectivity index (χ2n) is 3.82. The van der Waals surface area contributed by atoms with Gasteiger partial charge in [-0.15, -0.1) is 0 Å². The predicted molar refractivity (Wildman–Crippen MR) is 78.6 cm³/mol. The largest absolute Gasteiger partial charge is 0.442 e. The number of aromatic amines is 1. The Hall–Kier alpha value is -2.34. The average Bonchev–Trinajstić information content (AvgIpc) is 2.82. The van der Waals surface area contributed by atoms with E-state index in [0.717, 1.165) is 0 Å². The Balaban J connectivity index is 2.18. The van der Waals surface area contributed by atoms with Crippen molar-refractivity contribution in [1.29, 1.82) is 5.26 Å². The highest BCUT2D eigenvalue weighted by Gasteiger charge is 2.18. The third kappa shape index (κ3) is 2.04. The fraction of sp³-hybridized carbons (Fsp3) is 0. The molecule has 0 bridgehead atoms. The van der Waals surface area contributed by atoms with Crippen LogP contribution < -0.4 is 10.3 Å². The number of aromatic nitrogens is 2. The first-order valence-electron chi connectivity index (χ1n) is 5.53. The summed E-state index contributed by atoms with van der Waals surface area (Å²) in [5.74, 6) is 0.445. The second-order valence-corrected chi connectivity index (χ2v) is 4.90. The monoisotopic (exact) mass is 379 g/mol. The van der Waals surface area contributed by atoms with Crippen LogP contribution in [-0.4, -0.2) is 9.97 Å². The molecule has 0 aliphatic rings. The van der Waals surface area contributed by atoms with Crippen molar-refractivity contribution in [3.8, 4) is 17.7 Å². The van der Waals surface area contributed by atoms with Gasteiger partial charge in [-0.05, 0) is 34.7 Å². The molecule has 3 rings (SSSR count). The van der Waals surface area contributed by atoms with E-state index in [1.807, 2.05) is 34.7 Å². The van der Waals surface area contributed by atoms with Crippen molar-refractivity contribution in [2.24, 2.45) is 0 Å². The minimum Gasteiger partial charge on any atom is -0.442 e. The molecule has 0 spiro atoms. The minimum atomic E-state index is -0.304. The number of ether oxygens (including phenoxy) is 1. The van der Waals surface area contributed by atoms with E-state index < -0.39 is 0 Å². The highest BCUT2D eigenvalue weighted by molar-refractivity contribution is 14.1. The SMILES string of the molecule is N#Cc1oc2ccccc2c1Oc1nc[nH]c(=O)c1I. The van der Waals surface area contributed by atoms with E-state index in [1.54, 1.807) is 18.2 Å². The van der Waals surface area contributed by atoms with E-state index in [2.05, 4.69) is 9.97 Å². The third-order valence-electron chi connectivity index (χ3n) is 2.61. The zero-order valence-corrected chi connectivity index (χ0v) is 12.0. The molecular formula is C13H6IN3O3. The number of hydrogen-bond donors (Lipinski definition) is 1. The van der Waals surface area contributed by atoms with Crippen LogP contribution in [0.25, 0.3) is 11.0 Å². The first-order chi connectivity index (χ1) is 9.70. The number of fused-ring (bicyclic) bond motifs is 1. The number of benzene rings is 1. The quantitative estimate of drug-likeness (QED) is 0.692. The van der Waals surface area contributed by atoms with Gasteiger partial charge in [0.2, 0.25) is 11.6 Å². The van der Waals surface area contributed by atoms with Crippen molar-refractivity contribution in [3.05, 3.63) is 50.3 Å². The second kappa shape index (κ2) is 4.97. The molecule has 0 saturated heterocycles. The lowest BCUT2D eigenvalue weighted by atomic mass is 10.2. The molecule has 3 aromatic rings. The van der Waals surface area contributed by atoms with Gasteiger partial charge < -0.3 is 14.1 Å². The molecule has 2 heterocycles. The molecule has 0 fully saturated rings. The summed E-state index contributed by atoms with van der Waals surface area (Å²) in [5, 5.41) is 9.76. The molecule has 1 aromatic carbocycles. The van der Waals surface area contributed by atoms with E-state index in [9.17, 15) is 4.79 Å². The van der Waals surface area contributed by atoms with Gasteiger partial charge in [0.15, 0.2) is 5.75 Å². The molecule has 0 atom stereocenters. The first kappa shape index (κ1) is 12.7. The number of furan rings is 1. The third-order valence-corrected chi connectivity index (χ3v) is 3.57. The van der Waals surface area contributed by atoms with Crippen LogP contribution in [0.15, 0.2) is 39.8 Å². The van der Waals surface area contributed by atoms with E-state index in [1.165, 1.54) is 6.33 Å². The van der Waals surface area contributed by atoms with E-state index in [4.69, 9.17) is 14.4 Å². The minimum absolute atomic E-state index is 0.0454. The number of hydrogen-bond acceptors (Lipinski definition) is 5. The first-order valence-corrected chi connectivity index (χ1v) is 6.61. The molecule has 0 amide bonds. The normalized spacial score (nSPS) is 10.4. The van der Waals surface area contributed by atoms with Gasteiger partial charge in [-0.25, -0.2) is 4.98 Å². The summed E-state index contributed by atoms with van der Waals surface area (Å²) in [6, 6.07) is 9.04. The van der Waals surface area contributed by atoms with E-state index in [-0.39, 0.29) is 22.9 Å². The van der Waals surface area contributed by atoms with Crippen molar-refractivity contribution in [2.75, 3.05) is 0 Å². The van der Waals surface area contributed by atoms with Crippen molar-refractivity contribution in [2.45, 2.75) is 0 Å². The molecule has 0 saturated carbocycles. The number of nitrogens with one attached hydrogen (secondary N) is 1. The Morgan fingerprint density at radius 2 is 2.20 bits per heavy atom. The Morgan fingerprint density at radius 1 is 1.40 bits per heavy atom. The van der Waals surface area contributed by atoms with Gasteiger partial charge in [0.05, 0.1) is 11.7 Å². The molecule has 6 nitrogen and oxygen atoms in total. The highest BCUT2D eigenvalue weighted by Crippen LogP contribution is 2.35. The van der Waals surface area contributed by atoms with Crippen molar-refractivity contribution in [3.63, 3.8) is 0 Å². The highest BCUT2D eigenvalue weighted by atomic mass is 127. The smallest absolute Gasteiger partial charge is 0.268 e. The van der Waals surface area contributed by atoms with Crippen LogP contribution in [0.5, 0.6) is 11.6 Å². The fourth-order valence-electron chi connectivity index (χ4n) is 1.73. The van der Waals surface area contributed by atoms with Crippen molar-refractivity contribution in [1.82, 2.24) is 9.97 Å². The van der Waals surface area contributed by atoms with Gasteiger partial charge in [-0.2, -0.15) is 5.26 Å². The maximum atomic E-state index is 11.5. The van der Waals surface area contributed by atoms with Crippen molar-refractivity contribution >= 4 is 33.6 Å². The number of nitrogens with zero attached hydrogens (tertiary/aromatic N) is 2. The van der Waals surface area contributed by atoms with Crippen LogP contribution in [0.1, 0.15) is 5.76 Å². The summed E-state index contributed by atoms with van der Waals surface area (Å²) in [7, 11) is 0. The maximum Gasteiger partial charge on any atom is 0.268 e. The molecule has 1 N–H and O–H groups in total. The molecule has 0 radical (unpaired) electrons. The summed E-state index contributed by atoms with van der Waals surface area (Å²) in [6.07, 6.45) is 1.24. The lowest BCUT2D eigenvalue weighted by Gasteiger charge is -2.03. The van der Waals surface area contributed by atoms with Gasteiger partial charge >= 0.3 is 0 Å². The Morgan fingerprint density at radius 3 is 3.00 bits per heavy atom. The number of H-pyrrole nitrogens is 1. The molecule has 0 aliphatic heterocycles. The summed E-state index contributed by atoms with van der Waals surface area (Å²) >= 11 is 1.83. The molecule has 0 unspecified atom stereocenters. The zero-order valence-electron chi connectivity index (χ0n) is 9.88. The van der Waals surface area contributed by atoms with Crippen LogP contribution in [0.3, 0.4) is 0 Å². The van der Waals surface area contributed by atoms with Gasteiger partial charge in [0.1, 0.15) is 15.2 Å². The standard InChI is InChI=1S/C13H6IN3O3/c14-10-12(18)16-6-17-13(10)20-11-7-3-1-2-4-8(7)19-9(11)5-15/h1-4,6H,(H,16,17,18). The van der Waals surface area contributed by atoms with Crippen LogP contribution in [0, 0.1) is 14.9 Å². The summed E-state index contributed by atoms with van der Waals surface area (Å²) < 4.78 is 11.3. The van der Waals surface area contributed by atoms with Gasteiger partial charge in [0, 0.05) is 0 Å². The summed E-state index contributed by atoms with van der Waals surface area (Å²) in [4.78, 5) is 17.9. The lowest BCUT2D eigenvalue weighted by Crippen LogP contribution is -2.11. The molecule has 2 aromatic heterocycles. The Kier molecular flexibility index (Phi) is 3.15. The molecule has 7 heteroatoms. The number of rotatable bonds is 2. The van der Waals surface area contributed by atoms with Crippen LogP contribution in [0.4, 0.5) is 0 Å². The maximum absolute atomic E-state index is 11.5. The molecule has 20 heavy (non-hydrogen) atoms. The van der Waals surface area contributed by atoms with E-state index >= 15 is 0 Å². The van der Waals surface area contributed by atoms with Gasteiger partial charge in [0.25, 0.3) is 5.56 Å². The molecule has 98 valence electrons. The Bertz CT molecular complexity index is 892. The van der Waals surface area contributed by atoms with Crippen LogP contribution in [-0.2, 0) is 0 Å². The van der Waals surface area contributed by atoms with Gasteiger partial charge in [-0.3, -0.25) is 4.79 Å². The topological polar surface area (TPSA) is 91.9 Å². The number of para-hydroxylation sites is 1. The van der Waals surface area contributed by atoms with Crippen molar-refractivity contribution < 1.29 is 9.15 Å². The molecule has 0 aliphatic carbocycles. The number of halogens is 1. The predicted octanol–water partition coefficient (Wildman–Crippen LogP) is 2.78. The number of nitriles is 1. The average molecular weight is 379 g/mol. The summed E-state index contributed by atoms with van der Waals surface area (Å²) in [6.45, 7) is 0. The van der Waals surface area contributed by atoms with Crippen LogP contribution in [0.2, 0.25) is 0 Å². The Labute approximate surface area is 126 Å². The zero-order chi connectivity index (χ0) is 14.1. The lowest BCUT2D eigenvalue weighted by molar-refractivity contribution is 0.445. The summed E-state index contributed by atoms with van der Waals surface area (Å²) in [5.41, 5.74) is 0.237. The fourth-order valence-corrected chi connectivity index (χ4v) is 2.14. The van der Waals surface area contributed by atoms with Gasteiger partial charge in [-0.1, -0.05) is 12.1 Å².